The van der Waals surface area contributed by atoms with Gasteiger partial charge in [0.2, 0.25) is 0 Å². The number of carboxylic acid groups (broad SMARTS) is 1. The van der Waals surface area contributed by atoms with Gasteiger partial charge in [-0.05, 0) is 29.8 Å². The van der Waals surface area contributed by atoms with E-state index in [1.54, 1.807) is 0 Å². The summed E-state index contributed by atoms with van der Waals surface area (Å²) in [5, 5.41) is 18.8. The summed E-state index contributed by atoms with van der Waals surface area (Å²) >= 11 is 0. The summed E-state index contributed by atoms with van der Waals surface area (Å²) in [5.74, 6) is -1.19. The van der Waals surface area contributed by atoms with Crippen molar-refractivity contribution in [3.05, 3.63) is 36.8 Å². The number of hydrogen-bond acceptors (Lipinski definition) is 3. The summed E-state index contributed by atoms with van der Waals surface area (Å²) < 4.78 is 0. The van der Waals surface area contributed by atoms with Crippen LogP contribution in [0.5, 0.6) is 5.75 Å². The van der Waals surface area contributed by atoms with E-state index in [1.165, 1.54) is 69.2 Å². The maximum absolute atomic E-state index is 10.1. The van der Waals surface area contributed by atoms with Gasteiger partial charge in [0, 0.05) is 0 Å². The predicted octanol–water partition coefficient (Wildman–Crippen LogP) is 3.34. The molecule has 0 amide bonds. The summed E-state index contributed by atoms with van der Waals surface area (Å²) in [6, 6.07) is 5.16. The molecule has 0 aliphatic heterocycles. The van der Waals surface area contributed by atoms with E-state index in [0.717, 1.165) is 6.42 Å². The number of benzene rings is 1. The van der Waals surface area contributed by atoms with Crippen LogP contribution in [0.4, 0.5) is 0 Å². The zero-order chi connectivity index (χ0) is 15.2. The number of rotatable bonds is 8. The van der Waals surface area contributed by atoms with Crippen LogP contribution >= 0.6 is 0 Å². The molecule has 3 nitrogen and oxygen atoms in total. The first-order valence-corrected chi connectivity index (χ1v) is 7.41. The molecule has 0 aliphatic carbocycles. The summed E-state index contributed by atoms with van der Waals surface area (Å²) in [7, 11) is 0. The predicted molar refractivity (Wildman–Crippen MR) is 86.2 cm³/mol. The Balaban J connectivity index is 0. The fraction of sp³-hybridized carbons (Fsp3) is 0.529. The molecule has 0 spiro atoms. The van der Waals surface area contributed by atoms with E-state index in [1.807, 2.05) is 0 Å². The van der Waals surface area contributed by atoms with E-state index < -0.39 is 5.97 Å². The minimum Gasteiger partial charge on any atom is -0.545 e. The molecular formula is C17H26CaO3. The van der Waals surface area contributed by atoms with Gasteiger partial charge in [-0.25, -0.2) is 0 Å². The van der Waals surface area contributed by atoms with E-state index in [2.05, 4.69) is 13.8 Å². The molecule has 21 heavy (non-hydrogen) atoms. The largest absolute Gasteiger partial charge is 2.00 e. The number of aromatic carboxylic acids is 1. The third-order valence-electron chi connectivity index (χ3n) is 2.96. The maximum Gasteiger partial charge on any atom is 2.00 e. The fourth-order valence-electron chi connectivity index (χ4n) is 1.73. The first-order valence-electron chi connectivity index (χ1n) is 7.41. The second-order valence-electron chi connectivity index (χ2n) is 4.81. The summed E-state index contributed by atoms with van der Waals surface area (Å²) in [4.78, 5) is 10.1. The van der Waals surface area contributed by atoms with Crippen molar-refractivity contribution in [3.8, 4) is 5.75 Å². The number of carbonyl (C=O) groups excluding carboxylic acids is 1. The molecule has 0 bridgehead atoms. The summed E-state index contributed by atoms with van der Waals surface area (Å²) in [5.41, 5.74) is 0.0674. The Hall–Kier alpha value is -0.250. The molecule has 1 rings (SSSR count). The molecule has 0 saturated carbocycles. The van der Waals surface area contributed by atoms with Crippen molar-refractivity contribution in [1.29, 1.82) is 0 Å². The van der Waals surface area contributed by atoms with E-state index >= 15 is 0 Å². The Bertz CT molecular complexity index is 342. The Labute approximate surface area is 158 Å². The quantitative estimate of drug-likeness (QED) is 0.454. The van der Waals surface area contributed by atoms with Crippen LogP contribution < -0.4 is 5.11 Å². The van der Waals surface area contributed by atoms with E-state index in [-0.39, 0.29) is 49.1 Å². The Morgan fingerprint density at radius 1 is 1.05 bits per heavy atom. The van der Waals surface area contributed by atoms with Gasteiger partial charge in [0.25, 0.3) is 0 Å². The van der Waals surface area contributed by atoms with Crippen LogP contribution in [-0.4, -0.2) is 48.8 Å². The molecule has 1 aromatic rings. The molecule has 0 radical (unpaired) electrons. The Morgan fingerprint density at radius 3 is 1.95 bits per heavy atom. The average Bonchev–Trinajstić information content (AvgIpc) is 2.44. The number of phenolic OH excluding ortho intramolecular Hbond substituents is 1. The van der Waals surface area contributed by atoms with Crippen LogP contribution in [0.2, 0.25) is 0 Å². The number of phenols is 1. The smallest absolute Gasteiger partial charge is 0.545 e. The van der Waals surface area contributed by atoms with Crippen molar-refractivity contribution < 1.29 is 15.0 Å². The van der Waals surface area contributed by atoms with Crippen molar-refractivity contribution in [2.45, 2.75) is 58.3 Å². The standard InChI is InChI=1S/C10H21.C7H6O3.Ca/c1-3-5-7-9-10-8-6-4-2;8-6-3-1-5(2-4-6)7(9)10;/h1,3-10H2,2H3;1-4,8H,(H,9,10);/q-1;;+2/p-1. The van der Waals surface area contributed by atoms with Crippen molar-refractivity contribution in [2.75, 3.05) is 0 Å². The average molecular weight is 318 g/mol. The molecule has 1 aromatic carbocycles. The monoisotopic (exact) mass is 318 g/mol. The van der Waals surface area contributed by atoms with Crippen LogP contribution in [0.25, 0.3) is 0 Å². The first kappa shape index (κ1) is 23.0. The number of hydrogen-bond donors (Lipinski definition) is 1. The zero-order valence-corrected chi connectivity index (χ0v) is 15.4. The van der Waals surface area contributed by atoms with Gasteiger partial charge >= 0.3 is 37.7 Å². The second kappa shape index (κ2) is 16.1. The zero-order valence-electron chi connectivity index (χ0n) is 13.1. The summed E-state index contributed by atoms with van der Waals surface area (Å²) in [6.45, 7) is 6.08. The van der Waals surface area contributed by atoms with E-state index in [0.29, 0.717) is 0 Å². The van der Waals surface area contributed by atoms with Crippen LogP contribution in [0, 0.1) is 6.92 Å². The van der Waals surface area contributed by atoms with E-state index in [4.69, 9.17) is 5.11 Å². The van der Waals surface area contributed by atoms with E-state index in [9.17, 15) is 9.90 Å². The molecule has 114 valence electrons. The number of unbranched alkanes of at least 4 members (excludes halogenated alkanes) is 7. The maximum atomic E-state index is 10.1. The molecule has 0 aromatic heterocycles. The van der Waals surface area contributed by atoms with Crippen LogP contribution in [0.15, 0.2) is 24.3 Å². The summed E-state index contributed by atoms with van der Waals surface area (Å²) in [6.07, 6.45) is 10.9. The number of carboxylic acids is 1. The Morgan fingerprint density at radius 2 is 1.52 bits per heavy atom. The van der Waals surface area contributed by atoms with Crippen LogP contribution in [-0.2, 0) is 0 Å². The van der Waals surface area contributed by atoms with Gasteiger partial charge in [-0.2, -0.15) is 6.42 Å². The van der Waals surface area contributed by atoms with Crippen molar-refractivity contribution >= 4 is 43.7 Å². The molecular weight excluding hydrogens is 292 g/mol. The van der Waals surface area contributed by atoms with Gasteiger partial charge in [0.15, 0.2) is 0 Å². The van der Waals surface area contributed by atoms with Gasteiger partial charge in [0.1, 0.15) is 5.75 Å². The number of aromatic hydroxyl groups is 1. The van der Waals surface area contributed by atoms with Gasteiger partial charge in [-0.15, -0.1) is 0 Å². The first-order chi connectivity index (χ1) is 9.61. The molecule has 4 heteroatoms. The van der Waals surface area contributed by atoms with Crippen LogP contribution in [0.1, 0.15) is 68.6 Å². The van der Waals surface area contributed by atoms with Crippen molar-refractivity contribution in [3.63, 3.8) is 0 Å². The second-order valence-corrected chi connectivity index (χ2v) is 4.81. The molecule has 0 saturated heterocycles. The van der Waals surface area contributed by atoms with Gasteiger partial charge in [0.05, 0.1) is 5.97 Å². The molecule has 0 fully saturated rings. The number of carbonyl (C=O) groups is 1. The van der Waals surface area contributed by atoms with Crippen molar-refractivity contribution in [2.24, 2.45) is 0 Å². The normalized spacial score (nSPS) is 9.24. The molecule has 0 aliphatic rings. The van der Waals surface area contributed by atoms with Gasteiger partial charge in [-0.1, -0.05) is 51.9 Å². The SMILES string of the molecule is O=C([O-])c1ccc(O)cc1.[CH2-]CCCCCCCCC.[Ca+2]. The fourth-order valence-corrected chi connectivity index (χ4v) is 1.73. The van der Waals surface area contributed by atoms with Crippen molar-refractivity contribution in [1.82, 2.24) is 0 Å². The van der Waals surface area contributed by atoms with Gasteiger partial charge < -0.3 is 21.9 Å². The van der Waals surface area contributed by atoms with Gasteiger partial charge in [-0.3, -0.25) is 0 Å². The Kier molecular flexibility index (Phi) is 17.7. The third kappa shape index (κ3) is 14.5. The minimum absolute atomic E-state index is 0. The molecule has 0 atom stereocenters. The van der Waals surface area contributed by atoms with Crippen LogP contribution in [0.3, 0.4) is 0 Å². The molecule has 0 unspecified atom stereocenters. The third-order valence-corrected chi connectivity index (χ3v) is 2.96. The minimum atomic E-state index is -1.24. The molecule has 1 N–H and O–H groups in total. The topological polar surface area (TPSA) is 60.4 Å². The molecule has 0 heterocycles.